The van der Waals surface area contributed by atoms with E-state index in [4.69, 9.17) is 4.42 Å². The van der Waals surface area contributed by atoms with E-state index in [9.17, 15) is 9.59 Å². The van der Waals surface area contributed by atoms with Crippen LogP contribution >= 0.6 is 0 Å². The molecular weight excluding hydrogens is 368 g/mol. The zero-order chi connectivity index (χ0) is 20.2. The maximum atomic E-state index is 12.9. The second kappa shape index (κ2) is 7.93. The van der Waals surface area contributed by atoms with Gasteiger partial charge >= 0.3 is 0 Å². The van der Waals surface area contributed by atoms with E-state index in [1.165, 1.54) is 10.9 Å². The molecule has 7 heteroatoms. The summed E-state index contributed by atoms with van der Waals surface area (Å²) in [6, 6.07) is 19.9. The van der Waals surface area contributed by atoms with Crippen molar-refractivity contribution in [2.24, 2.45) is 5.10 Å². The van der Waals surface area contributed by atoms with Crippen LogP contribution in [0.5, 0.6) is 0 Å². The van der Waals surface area contributed by atoms with E-state index in [0.717, 1.165) is 5.56 Å². The van der Waals surface area contributed by atoms with Crippen molar-refractivity contribution in [2.45, 2.75) is 13.5 Å². The van der Waals surface area contributed by atoms with Crippen LogP contribution in [0.4, 0.5) is 0 Å². The van der Waals surface area contributed by atoms with Crippen molar-refractivity contribution in [1.82, 2.24) is 15.2 Å². The second-order valence-electron chi connectivity index (χ2n) is 6.46. The van der Waals surface area contributed by atoms with Crippen molar-refractivity contribution in [2.75, 3.05) is 0 Å². The van der Waals surface area contributed by atoms with Crippen LogP contribution in [0.25, 0.3) is 10.8 Å². The average Bonchev–Trinajstić information content (AvgIpc) is 3.30. The number of nitrogens with one attached hydrogen (secondary N) is 1. The Kier molecular flexibility index (Phi) is 5.03. The number of rotatable bonds is 5. The van der Waals surface area contributed by atoms with E-state index in [1.807, 2.05) is 30.3 Å². The van der Waals surface area contributed by atoms with Crippen LogP contribution in [0.2, 0.25) is 0 Å². The molecule has 0 bridgehead atoms. The molecule has 4 rings (SSSR count). The van der Waals surface area contributed by atoms with Crippen LogP contribution in [0, 0.1) is 0 Å². The molecule has 0 aliphatic carbocycles. The number of furan rings is 1. The van der Waals surface area contributed by atoms with Crippen LogP contribution in [0.15, 0.2) is 87.3 Å². The van der Waals surface area contributed by atoms with E-state index in [0.29, 0.717) is 22.2 Å². The average molecular weight is 386 g/mol. The largest absolute Gasteiger partial charge is 0.463 e. The molecule has 1 amide bonds. The molecule has 144 valence electrons. The molecule has 0 saturated carbocycles. The molecule has 0 radical (unpaired) electrons. The normalized spacial score (nSPS) is 11.6. The first-order chi connectivity index (χ1) is 14.1. The molecule has 0 spiro atoms. The fraction of sp³-hybridized carbons (Fsp3) is 0.0909. The van der Waals surface area contributed by atoms with Crippen LogP contribution in [-0.4, -0.2) is 21.4 Å². The maximum Gasteiger partial charge on any atom is 0.292 e. The topological polar surface area (TPSA) is 89.5 Å². The van der Waals surface area contributed by atoms with Gasteiger partial charge in [-0.2, -0.15) is 10.2 Å². The number of carbonyl (C=O) groups excluding carboxylic acids is 1. The Hall–Kier alpha value is -4.00. The van der Waals surface area contributed by atoms with Gasteiger partial charge in [0.25, 0.3) is 11.5 Å². The maximum absolute atomic E-state index is 12.9. The van der Waals surface area contributed by atoms with E-state index in [1.54, 1.807) is 43.3 Å². The monoisotopic (exact) mass is 386 g/mol. The number of benzene rings is 2. The van der Waals surface area contributed by atoms with Gasteiger partial charge in [-0.1, -0.05) is 48.5 Å². The minimum Gasteiger partial charge on any atom is -0.463 e. The number of carbonyl (C=O) groups is 1. The van der Waals surface area contributed by atoms with Crippen molar-refractivity contribution in [1.29, 1.82) is 0 Å². The molecule has 0 saturated heterocycles. The molecule has 0 fully saturated rings. The first kappa shape index (κ1) is 18.4. The summed E-state index contributed by atoms with van der Waals surface area (Å²) in [6.45, 7) is 1.99. The molecule has 0 aliphatic heterocycles. The fourth-order valence-corrected chi connectivity index (χ4v) is 2.99. The standard InChI is InChI=1S/C22H18N4O3/c1-15(19-12-7-13-29-19)23-24-21(27)20-17-10-5-6-11-18(17)22(28)26(25-20)14-16-8-3-2-4-9-16/h2-13H,14H2,1H3,(H,24,27)/b23-15-. The molecule has 0 atom stereocenters. The molecule has 2 heterocycles. The highest BCUT2D eigenvalue weighted by Gasteiger charge is 2.17. The molecule has 0 aliphatic rings. The Morgan fingerprint density at radius 2 is 1.76 bits per heavy atom. The van der Waals surface area contributed by atoms with Crippen molar-refractivity contribution in [3.8, 4) is 0 Å². The Labute approximate surface area is 166 Å². The molecule has 4 aromatic rings. The van der Waals surface area contributed by atoms with Crippen LogP contribution in [-0.2, 0) is 6.54 Å². The lowest BCUT2D eigenvalue weighted by molar-refractivity contribution is 0.0949. The third kappa shape index (κ3) is 3.84. The Morgan fingerprint density at radius 3 is 2.48 bits per heavy atom. The number of hydrazone groups is 1. The number of hydrogen-bond donors (Lipinski definition) is 1. The fourth-order valence-electron chi connectivity index (χ4n) is 2.99. The number of hydrogen-bond acceptors (Lipinski definition) is 5. The minimum absolute atomic E-state index is 0.132. The van der Waals surface area contributed by atoms with Gasteiger partial charge in [-0.3, -0.25) is 9.59 Å². The lowest BCUT2D eigenvalue weighted by Crippen LogP contribution is -2.29. The second-order valence-corrected chi connectivity index (χ2v) is 6.46. The molecule has 2 aromatic heterocycles. The smallest absolute Gasteiger partial charge is 0.292 e. The summed E-state index contributed by atoms with van der Waals surface area (Å²) in [4.78, 5) is 25.7. The van der Waals surface area contributed by atoms with Gasteiger partial charge in [-0.15, -0.1) is 0 Å². The van der Waals surface area contributed by atoms with E-state index >= 15 is 0 Å². The first-order valence-electron chi connectivity index (χ1n) is 9.06. The number of nitrogens with zero attached hydrogens (tertiary/aromatic N) is 3. The zero-order valence-corrected chi connectivity index (χ0v) is 15.7. The lowest BCUT2D eigenvalue weighted by atomic mass is 10.1. The molecule has 2 aromatic carbocycles. The van der Waals surface area contributed by atoms with Crippen LogP contribution < -0.4 is 11.0 Å². The van der Waals surface area contributed by atoms with Crippen LogP contribution in [0.1, 0.15) is 28.7 Å². The third-order valence-corrected chi connectivity index (χ3v) is 4.46. The summed E-state index contributed by atoms with van der Waals surface area (Å²) in [5, 5.41) is 9.32. The van der Waals surface area contributed by atoms with Gasteiger partial charge in [0, 0.05) is 5.39 Å². The molecule has 1 N–H and O–H groups in total. The number of fused-ring (bicyclic) bond motifs is 1. The van der Waals surface area contributed by atoms with Gasteiger partial charge in [0.2, 0.25) is 0 Å². The minimum atomic E-state index is -0.506. The number of aromatic nitrogens is 2. The first-order valence-corrected chi connectivity index (χ1v) is 9.06. The summed E-state index contributed by atoms with van der Waals surface area (Å²) in [5.41, 5.74) is 3.81. The highest BCUT2D eigenvalue weighted by atomic mass is 16.3. The lowest BCUT2D eigenvalue weighted by Gasteiger charge is -2.10. The summed E-state index contributed by atoms with van der Waals surface area (Å²) in [6.07, 6.45) is 1.53. The van der Waals surface area contributed by atoms with Gasteiger partial charge in [0.15, 0.2) is 5.69 Å². The summed E-state index contributed by atoms with van der Waals surface area (Å²) in [7, 11) is 0. The number of amides is 1. The molecule has 29 heavy (non-hydrogen) atoms. The highest BCUT2D eigenvalue weighted by molar-refractivity contribution is 6.05. The van der Waals surface area contributed by atoms with E-state index in [2.05, 4.69) is 15.6 Å². The van der Waals surface area contributed by atoms with Crippen molar-refractivity contribution in [3.05, 3.63) is 100 Å². The van der Waals surface area contributed by atoms with E-state index in [-0.39, 0.29) is 17.8 Å². The predicted octanol–water partition coefficient (Wildman–Crippen LogP) is 3.19. The summed E-state index contributed by atoms with van der Waals surface area (Å²) in [5.74, 6) is 0.0473. The van der Waals surface area contributed by atoms with Crippen molar-refractivity contribution in [3.63, 3.8) is 0 Å². The quantitative estimate of drug-likeness (QED) is 0.421. The molecule has 7 nitrogen and oxygen atoms in total. The molecule has 0 unspecified atom stereocenters. The van der Waals surface area contributed by atoms with E-state index < -0.39 is 5.91 Å². The Bertz CT molecular complexity index is 1240. The SMILES string of the molecule is C/C(=N/NC(=O)c1nn(Cc2ccccc2)c(=O)c2ccccc12)c1ccco1. The Balaban J connectivity index is 1.73. The van der Waals surface area contributed by atoms with Crippen LogP contribution in [0.3, 0.4) is 0 Å². The van der Waals surface area contributed by atoms with Crippen molar-refractivity contribution >= 4 is 22.4 Å². The van der Waals surface area contributed by atoms with Crippen molar-refractivity contribution < 1.29 is 9.21 Å². The zero-order valence-electron chi connectivity index (χ0n) is 15.7. The van der Waals surface area contributed by atoms with Gasteiger partial charge < -0.3 is 4.42 Å². The third-order valence-electron chi connectivity index (χ3n) is 4.46. The Morgan fingerprint density at radius 1 is 1.03 bits per heavy atom. The summed E-state index contributed by atoms with van der Waals surface area (Å²) < 4.78 is 6.56. The predicted molar refractivity (Wildman–Crippen MR) is 110 cm³/mol. The van der Waals surface area contributed by atoms with Gasteiger partial charge in [-0.25, -0.2) is 10.1 Å². The van der Waals surface area contributed by atoms with Gasteiger partial charge in [0.1, 0.15) is 11.5 Å². The summed E-state index contributed by atoms with van der Waals surface area (Å²) >= 11 is 0. The van der Waals surface area contributed by atoms with Gasteiger partial charge in [0.05, 0.1) is 18.2 Å². The molecular formula is C22H18N4O3. The highest BCUT2D eigenvalue weighted by Crippen LogP contribution is 2.14. The van der Waals surface area contributed by atoms with Gasteiger partial charge in [-0.05, 0) is 30.7 Å².